The zero-order chi connectivity index (χ0) is 13.9. The Balaban J connectivity index is 2.97. The summed E-state index contributed by atoms with van der Waals surface area (Å²) in [7, 11) is 0. The van der Waals surface area contributed by atoms with Crippen molar-refractivity contribution < 1.29 is 4.79 Å². The van der Waals surface area contributed by atoms with Crippen molar-refractivity contribution in [1.82, 2.24) is 10.4 Å². The van der Waals surface area contributed by atoms with Crippen molar-refractivity contribution in [3.8, 4) is 0 Å². The Morgan fingerprint density at radius 2 is 1.89 bits per heavy atom. The van der Waals surface area contributed by atoms with Crippen LogP contribution in [0.15, 0.2) is 24.3 Å². The molecule has 1 amide bonds. The molecule has 1 aromatic carbocycles. The van der Waals surface area contributed by atoms with Gasteiger partial charge in [0, 0.05) is 17.1 Å². The molecule has 1 rings (SSSR count). The highest BCUT2D eigenvalue weighted by molar-refractivity contribution is 5.94. The number of aryl methyl sites for hydroxylation is 1. The van der Waals surface area contributed by atoms with Crippen molar-refractivity contribution in [2.75, 3.05) is 0 Å². The normalized spacial score (nSPS) is 11.7. The average Bonchev–Trinajstić information content (AvgIpc) is 2.23. The quantitative estimate of drug-likeness (QED) is 0.833. The van der Waals surface area contributed by atoms with Crippen LogP contribution in [0.1, 0.15) is 50.5 Å². The van der Waals surface area contributed by atoms with Gasteiger partial charge in [0.15, 0.2) is 0 Å². The number of rotatable bonds is 3. The van der Waals surface area contributed by atoms with Crippen molar-refractivity contribution in [2.45, 2.75) is 53.1 Å². The molecule has 0 heterocycles. The Bertz CT molecular complexity index is 419. The first-order valence-electron chi connectivity index (χ1n) is 6.39. The number of nitrogens with one attached hydrogen (secondary N) is 1. The van der Waals surface area contributed by atoms with E-state index in [0.29, 0.717) is 0 Å². The lowest BCUT2D eigenvalue weighted by Gasteiger charge is -2.34. The number of hydrogen-bond acceptors (Lipinski definition) is 2. The number of nitrogens with zero attached hydrogens (tertiary/aromatic N) is 1. The standard InChI is InChI=1S/C15H24N2O/c1-11(2)17(16-15(4,5)6)14(18)13-9-7-8-12(3)10-13/h7-11,16H,1-6H3. The fourth-order valence-electron chi connectivity index (χ4n) is 1.69. The Morgan fingerprint density at radius 1 is 1.28 bits per heavy atom. The van der Waals surface area contributed by atoms with E-state index in [2.05, 4.69) is 5.43 Å². The Morgan fingerprint density at radius 3 is 2.33 bits per heavy atom. The summed E-state index contributed by atoms with van der Waals surface area (Å²) in [6, 6.07) is 7.79. The molecule has 0 aliphatic rings. The molecule has 1 aromatic rings. The van der Waals surface area contributed by atoms with E-state index in [4.69, 9.17) is 0 Å². The molecule has 0 saturated carbocycles. The van der Waals surface area contributed by atoms with Crippen LogP contribution in [0.4, 0.5) is 0 Å². The summed E-state index contributed by atoms with van der Waals surface area (Å²) in [6.07, 6.45) is 0. The second-order valence-corrected chi connectivity index (χ2v) is 6.00. The highest BCUT2D eigenvalue weighted by Crippen LogP contribution is 2.11. The Kier molecular flexibility index (Phi) is 4.52. The number of carbonyl (C=O) groups is 1. The molecule has 0 aromatic heterocycles. The fourth-order valence-corrected chi connectivity index (χ4v) is 1.69. The minimum atomic E-state index is -0.135. The number of carbonyl (C=O) groups excluding carboxylic acids is 1. The molecule has 0 unspecified atom stereocenters. The fraction of sp³-hybridized carbons (Fsp3) is 0.533. The molecule has 1 N–H and O–H groups in total. The molecular formula is C15H24N2O. The maximum atomic E-state index is 12.5. The van der Waals surface area contributed by atoms with Crippen LogP contribution >= 0.6 is 0 Å². The van der Waals surface area contributed by atoms with Crippen molar-refractivity contribution in [3.05, 3.63) is 35.4 Å². The van der Waals surface area contributed by atoms with Gasteiger partial charge in [0.05, 0.1) is 0 Å². The molecule has 18 heavy (non-hydrogen) atoms. The predicted molar refractivity (Wildman–Crippen MR) is 75.4 cm³/mol. The molecule has 0 spiro atoms. The van der Waals surface area contributed by atoms with E-state index in [-0.39, 0.29) is 17.5 Å². The van der Waals surface area contributed by atoms with Crippen LogP contribution < -0.4 is 5.43 Å². The second kappa shape index (κ2) is 5.53. The number of amides is 1. The summed E-state index contributed by atoms with van der Waals surface area (Å²) in [5.41, 5.74) is 4.94. The minimum absolute atomic E-state index is 0.0172. The highest BCUT2D eigenvalue weighted by atomic mass is 16.2. The molecule has 0 atom stereocenters. The van der Waals surface area contributed by atoms with Crippen LogP contribution in [0.3, 0.4) is 0 Å². The number of hydrazine groups is 1. The van der Waals surface area contributed by atoms with Crippen molar-refractivity contribution in [3.63, 3.8) is 0 Å². The Hall–Kier alpha value is -1.35. The van der Waals surface area contributed by atoms with Gasteiger partial charge in [0.25, 0.3) is 5.91 Å². The summed E-state index contributed by atoms with van der Waals surface area (Å²) in [5, 5.41) is 1.70. The van der Waals surface area contributed by atoms with E-state index in [1.165, 1.54) is 0 Å². The van der Waals surface area contributed by atoms with Gasteiger partial charge in [-0.15, -0.1) is 0 Å². The van der Waals surface area contributed by atoms with E-state index >= 15 is 0 Å². The SMILES string of the molecule is Cc1cccc(C(=O)N(NC(C)(C)C)C(C)C)c1. The van der Waals surface area contributed by atoms with Crippen molar-refractivity contribution >= 4 is 5.91 Å². The van der Waals surface area contributed by atoms with Crippen LogP contribution in [-0.2, 0) is 0 Å². The average molecular weight is 248 g/mol. The van der Waals surface area contributed by atoms with Gasteiger partial charge in [0.1, 0.15) is 0 Å². The molecule has 0 aliphatic heterocycles. The first kappa shape index (κ1) is 14.7. The molecule has 0 fully saturated rings. The maximum absolute atomic E-state index is 12.5. The molecular weight excluding hydrogens is 224 g/mol. The highest BCUT2D eigenvalue weighted by Gasteiger charge is 2.23. The summed E-state index contributed by atoms with van der Waals surface area (Å²) in [5.74, 6) is 0.0172. The van der Waals surface area contributed by atoms with Gasteiger partial charge < -0.3 is 0 Å². The van der Waals surface area contributed by atoms with Crippen LogP contribution in [0.25, 0.3) is 0 Å². The first-order valence-corrected chi connectivity index (χ1v) is 6.39. The van der Waals surface area contributed by atoms with Gasteiger partial charge in [-0.1, -0.05) is 17.7 Å². The van der Waals surface area contributed by atoms with Crippen LogP contribution in [-0.4, -0.2) is 22.5 Å². The summed E-state index contributed by atoms with van der Waals surface area (Å²) in [6.45, 7) is 12.1. The molecule has 0 saturated heterocycles. The molecule has 100 valence electrons. The first-order chi connectivity index (χ1) is 8.20. The largest absolute Gasteiger partial charge is 0.271 e. The predicted octanol–water partition coefficient (Wildman–Crippen LogP) is 3.15. The van der Waals surface area contributed by atoms with Gasteiger partial charge >= 0.3 is 0 Å². The zero-order valence-electron chi connectivity index (χ0n) is 12.2. The van der Waals surface area contributed by atoms with Crippen LogP contribution in [0.5, 0.6) is 0 Å². The van der Waals surface area contributed by atoms with E-state index in [0.717, 1.165) is 11.1 Å². The lowest BCUT2D eigenvalue weighted by Crippen LogP contribution is -2.54. The molecule has 3 nitrogen and oxygen atoms in total. The minimum Gasteiger partial charge on any atom is -0.271 e. The van der Waals surface area contributed by atoms with Crippen molar-refractivity contribution in [2.24, 2.45) is 0 Å². The Labute approximate surface area is 110 Å². The van der Waals surface area contributed by atoms with E-state index in [1.807, 2.05) is 65.8 Å². The topological polar surface area (TPSA) is 32.3 Å². The van der Waals surface area contributed by atoms with Crippen LogP contribution in [0.2, 0.25) is 0 Å². The number of benzene rings is 1. The molecule has 3 heteroatoms. The molecule has 0 bridgehead atoms. The lowest BCUT2D eigenvalue weighted by molar-refractivity contribution is 0.0471. The van der Waals surface area contributed by atoms with Gasteiger partial charge in [-0.25, -0.2) is 5.43 Å². The monoisotopic (exact) mass is 248 g/mol. The summed E-state index contributed by atoms with van der Waals surface area (Å²) in [4.78, 5) is 12.5. The maximum Gasteiger partial charge on any atom is 0.268 e. The smallest absolute Gasteiger partial charge is 0.268 e. The van der Waals surface area contributed by atoms with Crippen molar-refractivity contribution in [1.29, 1.82) is 0 Å². The van der Waals surface area contributed by atoms with Crippen LogP contribution in [0, 0.1) is 6.92 Å². The lowest BCUT2D eigenvalue weighted by atomic mass is 10.1. The number of hydrogen-bond donors (Lipinski definition) is 1. The van der Waals surface area contributed by atoms with Gasteiger partial charge in [-0.05, 0) is 53.7 Å². The van der Waals surface area contributed by atoms with E-state index in [9.17, 15) is 4.79 Å². The second-order valence-electron chi connectivity index (χ2n) is 6.00. The third kappa shape index (κ3) is 4.15. The molecule has 0 radical (unpaired) electrons. The van der Waals surface area contributed by atoms with Gasteiger partial charge in [-0.3, -0.25) is 9.80 Å². The zero-order valence-corrected chi connectivity index (χ0v) is 12.2. The molecule has 0 aliphatic carbocycles. The van der Waals surface area contributed by atoms with E-state index in [1.54, 1.807) is 5.01 Å². The van der Waals surface area contributed by atoms with E-state index < -0.39 is 0 Å². The van der Waals surface area contributed by atoms with Gasteiger partial charge in [-0.2, -0.15) is 0 Å². The summed E-state index contributed by atoms with van der Waals surface area (Å²) >= 11 is 0. The summed E-state index contributed by atoms with van der Waals surface area (Å²) < 4.78 is 0. The third-order valence-corrected chi connectivity index (χ3v) is 2.46. The third-order valence-electron chi connectivity index (χ3n) is 2.46. The van der Waals surface area contributed by atoms with Gasteiger partial charge in [0.2, 0.25) is 0 Å².